The Labute approximate surface area is 153 Å². The summed E-state index contributed by atoms with van der Waals surface area (Å²) in [5, 5.41) is 0. The summed E-state index contributed by atoms with van der Waals surface area (Å²) in [7, 11) is 0. The van der Waals surface area contributed by atoms with E-state index in [2.05, 4.69) is 4.98 Å². The van der Waals surface area contributed by atoms with Gasteiger partial charge in [0.2, 0.25) is 5.88 Å². The number of carbonyl (C=O) groups excluding carboxylic acids is 1. The Balaban J connectivity index is 1.50. The second-order valence-electron chi connectivity index (χ2n) is 6.37. The first-order valence-electron chi connectivity index (χ1n) is 8.86. The zero-order chi connectivity index (χ0) is 17.8. The SMILES string of the molecule is O=C(c1ccccc1)N1CCC[C@@H]1c1ccc(Oc2ccccc2)nc1. The molecule has 1 saturated heterocycles. The van der Waals surface area contributed by atoms with Gasteiger partial charge < -0.3 is 9.64 Å². The molecule has 3 aromatic rings. The summed E-state index contributed by atoms with van der Waals surface area (Å²) in [6.45, 7) is 0.778. The van der Waals surface area contributed by atoms with Crippen molar-refractivity contribution in [2.45, 2.75) is 18.9 Å². The van der Waals surface area contributed by atoms with E-state index >= 15 is 0 Å². The van der Waals surface area contributed by atoms with Crippen LogP contribution >= 0.6 is 0 Å². The summed E-state index contributed by atoms with van der Waals surface area (Å²) in [4.78, 5) is 19.2. The van der Waals surface area contributed by atoms with E-state index in [9.17, 15) is 4.79 Å². The quantitative estimate of drug-likeness (QED) is 0.679. The first kappa shape index (κ1) is 16.3. The molecule has 2 aromatic carbocycles. The van der Waals surface area contributed by atoms with Gasteiger partial charge in [0.05, 0.1) is 6.04 Å². The topological polar surface area (TPSA) is 42.4 Å². The molecule has 1 aromatic heterocycles. The Morgan fingerprint density at radius 3 is 2.38 bits per heavy atom. The summed E-state index contributed by atoms with van der Waals surface area (Å²) in [6.07, 6.45) is 3.78. The standard InChI is InChI=1S/C22H20N2O2/c25-22(17-8-3-1-4-9-17)24-15-7-12-20(24)18-13-14-21(23-16-18)26-19-10-5-2-6-11-19/h1-6,8-11,13-14,16,20H,7,12,15H2/t20-/m1/s1. The van der Waals surface area contributed by atoms with Crippen LogP contribution in [0.4, 0.5) is 0 Å². The molecule has 130 valence electrons. The van der Waals surface area contributed by atoms with Crippen molar-refractivity contribution in [1.29, 1.82) is 0 Å². The summed E-state index contributed by atoms with van der Waals surface area (Å²) >= 11 is 0. The van der Waals surface area contributed by atoms with E-state index in [1.807, 2.05) is 83.9 Å². The zero-order valence-corrected chi connectivity index (χ0v) is 14.4. The summed E-state index contributed by atoms with van der Waals surface area (Å²) < 4.78 is 5.75. The Bertz CT molecular complexity index is 864. The largest absolute Gasteiger partial charge is 0.439 e. The van der Waals surface area contributed by atoms with Crippen molar-refractivity contribution in [3.05, 3.63) is 90.1 Å². The van der Waals surface area contributed by atoms with Crippen molar-refractivity contribution in [2.24, 2.45) is 0 Å². The summed E-state index contributed by atoms with van der Waals surface area (Å²) in [6, 6.07) is 23.0. The lowest BCUT2D eigenvalue weighted by Crippen LogP contribution is -2.30. The number of hydrogen-bond donors (Lipinski definition) is 0. The minimum absolute atomic E-state index is 0.0704. The van der Waals surface area contributed by atoms with Gasteiger partial charge in [-0.25, -0.2) is 4.98 Å². The molecular weight excluding hydrogens is 324 g/mol. The zero-order valence-electron chi connectivity index (χ0n) is 14.4. The number of rotatable bonds is 4. The molecule has 0 spiro atoms. The van der Waals surface area contributed by atoms with Crippen LogP contribution in [0.15, 0.2) is 79.0 Å². The van der Waals surface area contributed by atoms with Gasteiger partial charge in [-0.05, 0) is 42.7 Å². The van der Waals surface area contributed by atoms with E-state index in [0.29, 0.717) is 5.88 Å². The Morgan fingerprint density at radius 1 is 0.962 bits per heavy atom. The lowest BCUT2D eigenvalue weighted by Gasteiger charge is -2.25. The molecule has 0 aliphatic carbocycles. The van der Waals surface area contributed by atoms with Crippen LogP contribution in [0.25, 0.3) is 0 Å². The molecule has 1 aliphatic rings. The fourth-order valence-corrected chi connectivity index (χ4v) is 3.36. The number of hydrogen-bond acceptors (Lipinski definition) is 3. The van der Waals surface area contributed by atoms with Gasteiger partial charge in [-0.2, -0.15) is 0 Å². The minimum Gasteiger partial charge on any atom is -0.439 e. The van der Waals surface area contributed by atoms with E-state index in [4.69, 9.17) is 4.74 Å². The van der Waals surface area contributed by atoms with Crippen LogP contribution in [-0.2, 0) is 0 Å². The molecule has 0 N–H and O–H groups in total. The van der Waals surface area contributed by atoms with Crippen molar-refractivity contribution >= 4 is 5.91 Å². The van der Waals surface area contributed by atoms with Crippen molar-refractivity contribution in [2.75, 3.05) is 6.54 Å². The molecule has 4 rings (SSSR count). The van der Waals surface area contributed by atoms with Crippen LogP contribution in [0.1, 0.15) is 34.8 Å². The van der Waals surface area contributed by atoms with Gasteiger partial charge in [-0.15, -0.1) is 0 Å². The molecule has 1 fully saturated rings. The smallest absolute Gasteiger partial charge is 0.254 e. The maximum atomic E-state index is 12.8. The molecule has 1 amide bonds. The Hall–Kier alpha value is -3.14. The van der Waals surface area contributed by atoms with Crippen LogP contribution in [-0.4, -0.2) is 22.3 Å². The number of pyridine rings is 1. The monoisotopic (exact) mass is 344 g/mol. The molecule has 4 nitrogen and oxygen atoms in total. The van der Waals surface area contributed by atoms with E-state index in [-0.39, 0.29) is 11.9 Å². The normalized spacial score (nSPS) is 16.5. The number of nitrogens with zero attached hydrogens (tertiary/aromatic N) is 2. The van der Waals surface area contributed by atoms with Gasteiger partial charge in [-0.3, -0.25) is 4.79 Å². The number of carbonyl (C=O) groups is 1. The molecule has 0 bridgehead atoms. The predicted octanol–water partition coefficient (Wildman–Crippen LogP) is 4.85. The van der Waals surface area contributed by atoms with E-state index in [0.717, 1.165) is 36.3 Å². The molecule has 26 heavy (non-hydrogen) atoms. The Kier molecular flexibility index (Phi) is 4.65. The molecule has 0 unspecified atom stereocenters. The fourth-order valence-electron chi connectivity index (χ4n) is 3.36. The van der Waals surface area contributed by atoms with E-state index in [1.165, 1.54) is 0 Å². The summed E-state index contributed by atoms with van der Waals surface area (Å²) in [5.74, 6) is 1.39. The van der Waals surface area contributed by atoms with Gasteiger partial charge in [-0.1, -0.05) is 42.5 Å². The van der Waals surface area contributed by atoms with Crippen LogP contribution in [0.2, 0.25) is 0 Å². The number of aromatic nitrogens is 1. The maximum Gasteiger partial charge on any atom is 0.254 e. The van der Waals surface area contributed by atoms with Crippen LogP contribution in [0.5, 0.6) is 11.6 Å². The van der Waals surface area contributed by atoms with E-state index in [1.54, 1.807) is 0 Å². The highest BCUT2D eigenvalue weighted by molar-refractivity contribution is 5.94. The molecule has 1 atom stereocenters. The highest BCUT2D eigenvalue weighted by Crippen LogP contribution is 2.33. The average molecular weight is 344 g/mol. The second kappa shape index (κ2) is 7.40. The van der Waals surface area contributed by atoms with Gasteiger partial charge in [0, 0.05) is 24.4 Å². The number of benzene rings is 2. The van der Waals surface area contributed by atoms with Gasteiger partial charge in [0.1, 0.15) is 5.75 Å². The third kappa shape index (κ3) is 3.45. The Morgan fingerprint density at radius 2 is 1.69 bits per heavy atom. The lowest BCUT2D eigenvalue weighted by atomic mass is 10.1. The minimum atomic E-state index is 0.0704. The van der Waals surface area contributed by atoms with Crippen LogP contribution in [0.3, 0.4) is 0 Å². The fraction of sp³-hybridized carbons (Fsp3) is 0.182. The highest BCUT2D eigenvalue weighted by atomic mass is 16.5. The molecule has 4 heteroatoms. The van der Waals surface area contributed by atoms with Gasteiger partial charge in [0.25, 0.3) is 5.91 Å². The van der Waals surface area contributed by atoms with E-state index < -0.39 is 0 Å². The third-order valence-electron chi connectivity index (χ3n) is 4.64. The first-order valence-corrected chi connectivity index (χ1v) is 8.86. The molecular formula is C22H20N2O2. The third-order valence-corrected chi connectivity index (χ3v) is 4.64. The number of para-hydroxylation sites is 1. The lowest BCUT2D eigenvalue weighted by molar-refractivity contribution is 0.0735. The van der Waals surface area contributed by atoms with Crippen LogP contribution < -0.4 is 4.74 Å². The van der Waals surface area contributed by atoms with Crippen molar-refractivity contribution in [1.82, 2.24) is 9.88 Å². The first-order chi connectivity index (χ1) is 12.8. The number of likely N-dealkylation sites (tertiary alicyclic amines) is 1. The molecule has 0 radical (unpaired) electrons. The van der Waals surface area contributed by atoms with Crippen molar-refractivity contribution < 1.29 is 9.53 Å². The predicted molar refractivity (Wildman–Crippen MR) is 100 cm³/mol. The number of ether oxygens (including phenoxy) is 1. The van der Waals surface area contributed by atoms with Crippen LogP contribution in [0, 0.1) is 0 Å². The van der Waals surface area contributed by atoms with Crippen molar-refractivity contribution in [3.8, 4) is 11.6 Å². The number of amides is 1. The summed E-state index contributed by atoms with van der Waals surface area (Å²) in [5.41, 5.74) is 1.78. The maximum absolute atomic E-state index is 12.8. The second-order valence-corrected chi connectivity index (χ2v) is 6.37. The van der Waals surface area contributed by atoms with Gasteiger partial charge >= 0.3 is 0 Å². The molecule has 2 heterocycles. The average Bonchev–Trinajstić information content (AvgIpc) is 3.19. The van der Waals surface area contributed by atoms with Gasteiger partial charge in [0.15, 0.2) is 0 Å². The van der Waals surface area contributed by atoms with Crippen molar-refractivity contribution in [3.63, 3.8) is 0 Å². The molecule has 1 aliphatic heterocycles. The highest BCUT2D eigenvalue weighted by Gasteiger charge is 2.30. The molecule has 0 saturated carbocycles.